The van der Waals surface area contributed by atoms with E-state index in [9.17, 15) is 13.6 Å². The summed E-state index contributed by atoms with van der Waals surface area (Å²) in [7, 11) is 4.22. The molecule has 0 saturated heterocycles. The summed E-state index contributed by atoms with van der Waals surface area (Å²) < 4.78 is 42.0. The van der Waals surface area contributed by atoms with Crippen molar-refractivity contribution in [1.29, 1.82) is 0 Å². The Labute approximate surface area is 131 Å². The Balaban J connectivity index is 2.42. The molecule has 1 amide bonds. The van der Waals surface area contributed by atoms with E-state index in [4.69, 9.17) is 14.2 Å². The van der Waals surface area contributed by atoms with Gasteiger partial charge in [-0.1, -0.05) is 0 Å². The number of anilines is 1. The molecule has 7 heteroatoms. The predicted molar refractivity (Wildman–Crippen MR) is 80.4 cm³/mol. The Hall–Kier alpha value is -2.83. The first-order valence-electron chi connectivity index (χ1n) is 6.56. The van der Waals surface area contributed by atoms with Gasteiger partial charge in [-0.3, -0.25) is 4.79 Å². The monoisotopic (exact) mass is 323 g/mol. The van der Waals surface area contributed by atoms with Crippen LogP contribution in [0.3, 0.4) is 0 Å². The summed E-state index contributed by atoms with van der Waals surface area (Å²) in [6.45, 7) is 0. The Morgan fingerprint density at radius 3 is 2.04 bits per heavy atom. The zero-order valence-electron chi connectivity index (χ0n) is 12.8. The smallest absolute Gasteiger partial charge is 0.263 e. The fourth-order valence-corrected chi connectivity index (χ4v) is 2.01. The van der Waals surface area contributed by atoms with Crippen LogP contribution >= 0.6 is 0 Å². The number of rotatable bonds is 5. The lowest BCUT2D eigenvalue weighted by atomic mass is 10.1. The number of amides is 1. The molecular weight excluding hydrogens is 308 g/mol. The number of halogens is 2. The largest absolute Gasteiger partial charge is 0.496 e. The minimum absolute atomic E-state index is 0.0690. The first kappa shape index (κ1) is 16.5. The second kappa shape index (κ2) is 6.95. The fraction of sp³-hybridized carbons (Fsp3) is 0.188. The van der Waals surface area contributed by atoms with Crippen molar-refractivity contribution in [2.75, 3.05) is 26.6 Å². The summed E-state index contributed by atoms with van der Waals surface area (Å²) in [5, 5.41) is 2.36. The van der Waals surface area contributed by atoms with Crippen LogP contribution in [0.4, 0.5) is 14.5 Å². The molecule has 0 aliphatic rings. The van der Waals surface area contributed by atoms with Gasteiger partial charge in [0, 0.05) is 18.2 Å². The van der Waals surface area contributed by atoms with Crippen LogP contribution in [-0.4, -0.2) is 27.2 Å². The molecule has 2 aromatic rings. The molecule has 5 nitrogen and oxygen atoms in total. The minimum atomic E-state index is -0.884. The number of benzene rings is 2. The van der Waals surface area contributed by atoms with Gasteiger partial charge in [0.1, 0.15) is 34.4 Å². The third-order valence-corrected chi connectivity index (χ3v) is 3.12. The van der Waals surface area contributed by atoms with Crippen molar-refractivity contribution in [2.45, 2.75) is 0 Å². The molecular formula is C16H15F2NO4. The van der Waals surface area contributed by atoms with Gasteiger partial charge in [0.2, 0.25) is 0 Å². The molecule has 0 aliphatic carbocycles. The molecule has 2 aromatic carbocycles. The molecule has 0 unspecified atom stereocenters. The van der Waals surface area contributed by atoms with E-state index in [0.29, 0.717) is 11.8 Å². The van der Waals surface area contributed by atoms with Crippen LogP contribution in [0.1, 0.15) is 10.4 Å². The summed E-state index contributed by atoms with van der Waals surface area (Å²) >= 11 is 0. The van der Waals surface area contributed by atoms with E-state index >= 15 is 0 Å². The predicted octanol–water partition coefficient (Wildman–Crippen LogP) is 3.24. The van der Waals surface area contributed by atoms with Crippen LogP contribution in [0.2, 0.25) is 0 Å². The van der Waals surface area contributed by atoms with E-state index in [1.54, 1.807) is 0 Å². The molecule has 1 N–H and O–H groups in total. The third kappa shape index (κ3) is 3.50. The van der Waals surface area contributed by atoms with Crippen molar-refractivity contribution in [2.24, 2.45) is 0 Å². The molecule has 0 aromatic heterocycles. The van der Waals surface area contributed by atoms with Crippen molar-refractivity contribution in [3.8, 4) is 17.2 Å². The van der Waals surface area contributed by atoms with Crippen molar-refractivity contribution < 1.29 is 27.8 Å². The summed E-state index contributed by atoms with van der Waals surface area (Å²) in [6, 6.07) is 5.85. The third-order valence-electron chi connectivity index (χ3n) is 3.12. The normalized spacial score (nSPS) is 10.1. The summed E-state index contributed by atoms with van der Waals surface area (Å²) in [6.07, 6.45) is 0. The van der Waals surface area contributed by atoms with Crippen LogP contribution in [0, 0.1) is 11.6 Å². The highest BCUT2D eigenvalue weighted by molar-refractivity contribution is 6.08. The molecule has 2 rings (SSSR count). The van der Waals surface area contributed by atoms with Gasteiger partial charge in [0.25, 0.3) is 5.91 Å². The van der Waals surface area contributed by atoms with Gasteiger partial charge in [-0.25, -0.2) is 8.78 Å². The molecule has 23 heavy (non-hydrogen) atoms. The first-order valence-corrected chi connectivity index (χ1v) is 6.56. The van der Waals surface area contributed by atoms with E-state index in [-0.39, 0.29) is 22.7 Å². The van der Waals surface area contributed by atoms with Gasteiger partial charge in [-0.15, -0.1) is 0 Å². The van der Waals surface area contributed by atoms with Gasteiger partial charge < -0.3 is 19.5 Å². The molecule has 122 valence electrons. The second-order valence-corrected chi connectivity index (χ2v) is 4.49. The standard InChI is InChI=1S/C16H15F2NO4/c1-21-10-7-13(22-2)15(14(8-10)23-3)16(20)19-12-5-4-9(17)6-11(12)18/h4-8H,1-3H3,(H,19,20). The molecule has 0 heterocycles. The number of hydrogen-bond donors (Lipinski definition) is 1. The maximum absolute atomic E-state index is 13.7. The van der Waals surface area contributed by atoms with Crippen molar-refractivity contribution in [1.82, 2.24) is 0 Å². The van der Waals surface area contributed by atoms with E-state index < -0.39 is 17.5 Å². The van der Waals surface area contributed by atoms with Crippen LogP contribution in [0.25, 0.3) is 0 Å². The van der Waals surface area contributed by atoms with Crippen LogP contribution in [0.15, 0.2) is 30.3 Å². The Kier molecular flexibility index (Phi) is 5.00. The SMILES string of the molecule is COc1cc(OC)c(C(=O)Nc2ccc(F)cc2F)c(OC)c1. The van der Waals surface area contributed by atoms with Gasteiger partial charge >= 0.3 is 0 Å². The van der Waals surface area contributed by atoms with Crippen molar-refractivity contribution in [3.05, 3.63) is 47.5 Å². The summed E-state index contributed by atoms with van der Waals surface area (Å²) in [5.74, 6) is -1.46. The molecule has 0 atom stereocenters. The second-order valence-electron chi connectivity index (χ2n) is 4.49. The molecule has 0 aliphatic heterocycles. The van der Waals surface area contributed by atoms with Crippen LogP contribution in [0.5, 0.6) is 17.2 Å². The first-order chi connectivity index (χ1) is 11.0. The topological polar surface area (TPSA) is 56.8 Å². The number of nitrogens with one attached hydrogen (secondary N) is 1. The van der Waals surface area contributed by atoms with Gasteiger partial charge in [-0.05, 0) is 12.1 Å². The number of carbonyl (C=O) groups excluding carboxylic acids is 1. The highest BCUT2D eigenvalue weighted by Gasteiger charge is 2.21. The van der Waals surface area contributed by atoms with E-state index in [0.717, 1.165) is 12.1 Å². The lowest BCUT2D eigenvalue weighted by Gasteiger charge is -2.15. The summed E-state index contributed by atoms with van der Waals surface area (Å²) in [4.78, 5) is 12.4. The van der Waals surface area contributed by atoms with Crippen molar-refractivity contribution in [3.63, 3.8) is 0 Å². The van der Waals surface area contributed by atoms with Gasteiger partial charge in [0.15, 0.2) is 0 Å². The average molecular weight is 323 g/mol. The maximum atomic E-state index is 13.7. The zero-order chi connectivity index (χ0) is 17.0. The number of hydrogen-bond acceptors (Lipinski definition) is 4. The minimum Gasteiger partial charge on any atom is -0.496 e. The Bertz CT molecular complexity index is 709. The number of methoxy groups -OCH3 is 3. The maximum Gasteiger partial charge on any atom is 0.263 e. The van der Waals surface area contributed by atoms with E-state index in [1.165, 1.54) is 33.5 Å². The van der Waals surface area contributed by atoms with E-state index in [1.807, 2.05) is 0 Å². The lowest BCUT2D eigenvalue weighted by molar-refractivity contribution is 0.102. The summed E-state index contributed by atoms with van der Waals surface area (Å²) in [5.41, 5.74) is -0.0872. The van der Waals surface area contributed by atoms with Crippen molar-refractivity contribution >= 4 is 11.6 Å². The van der Waals surface area contributed by atoms with Crippen LogP contribution < -0.4 is 19.5 Å². The molecule has 0 radical (unpaired) electrons. The number of ether oxygens (including phenoxy) is 3. The Morgan fingerprint density at radius 1 is 0.957 bits per heavy atom. The zero-order valence-corrected chi connectivity index (χ0v) is 12.8. The lowest BCUT2D eigenvalue weighted by Crippen LogP contribution is -2.15. The number of carbonyl (C=O) groups is 1. The highest BCUT2D eigenvalue weighted by Crippen LogP contribution is 2.34. The fourth-order valence-electron chi connectivity index (χ4n) is 2.01. The quantitative estimate of drug-likeness (QED) is 0.918. The highest BCUT2D eigenvalue weighted by atomic mass is 19.1. The average Bonchev–Trinajstić information content (AvgIpc) is 2.55. The Morgan fingerprint density at radius 2 is 1.57 bits per heavy atom. The van der Waals surface area contributed by atoms with E-state index in [2.05, 4.69) is 5.32 Å². The van der Waals surface area contributed by atoms with Crippen LogP contribution in [-0.2, 0) is 0 Å². The molecule has 0 fully saturated rings. The van der Waals surface area contributed by atoms with Gasteiger partial charge in [0.05, 0.1) is 27.0 Å². The molecule has 0 bridgehead atoms. The molecule has 0 saturated carbocycles. The molecule has 0 spiro atoms. The van der Waals surface area contributed by atoms with Gasteiger partial charge in [-0.2, -0.15) is 0 Å².